The number of thiazole rings is 1. The van der Waals surface area contributed by atoms with Gasteiger partial charge in [-0.2, -0.15) is 0 Å². The number of carbonyl (C=O) groups excluding carboxylic acids is 1. The predicted octanol–water partition coefficient (Wildman–Crippen LogP) is 3.47. The molecule has 0 aliphatic rings. The molecule has 0 aromatic carbocycles. The Bertz CT molecular complexity index is 811. The number of pyridine rings is 1. The van der Waals surface area contributed by atoms with Crippen LogP contribution in [0.1, 0.15) is 52.7 Å². The summed E-state index contributed by atoms with van der Waals surface area (Å²) in [6.45, 7) is 9.13. The molecule has 0 radical (unpaired) electrons. The van der Waals surface area contributed by atoms with Crippen molar-refractivity contribution in [3.63, 3.8) is 0 Å². The van der Waals surface area contributed by atoms with E-state index in [9.17, 15) is 4.79 Å². The van der Waals surface area contributed by atoms with Crippen molar-refractivity contribution < 1.29 is 14.3 Å². The fourth-order valence-electron chi connectivity index (χ4n) is 2.37. The number of carbonyl (C=O) groups is 1. The fourth-order valence-corrected chi connectivity index (χ4v) is 3.33. The second kappa shape index (κ2) is 12.6. The van der Waals surface area contributed by atoms with Gasteiger partial charge in [-0.05, 0) is 33.3 Å². The van der Waals surface area contributed by atoms with E-state index in [1.165, 1.54) is 11.3 Å². The van der Waals surface area contributed by atoms with Gasteiger partial charge in [-0.3, -0.25) is 0 Å². The minimum atomic E-state index is -0.330. The molecule has 0 fully saturated rings. The van der Waals surface area contributed by atoms with Gasteiger partial charge in [-0.25, -0.2) is 19.8 Å². The van der Waals surface area contributed by atoms with Crippen LogP contribution in [0.2, 0.25) is 0 Å². The van der Waals surface area contributed by atoms with Gasteiger partial charge < -0.3 is 20.1 Å². The second-order valence-electron chi connectivity index (χ2n) is 5.96. The lowest BCUT2D eigenvalue weighted by Gasteiger charge is -2.16. The number of halogens is 1. The molecule has 2 aromatic rings. The summed E-state index contributed by atoms with van der Waals surface area (Å²) < 4.78 is 10.2. The predicted molar refractivity (Wildman–Crippen MR) is 125 cm³/mol. The Morgan fingerprint density at radius 1 is 1.34 bits per heavy atom. The van der Waals surface area contributed by atoms with E-state index >= 15 is 0 Å². The molecule has 2 heterocycles. The number of methoxy groups -OCH3 is 1. The number of guanidine groups is 1. The first kappa shape index (κ1) is 25.1. The Kier molecular flexibility index (Phi) is 10.9. The minimum Gasteiger partial charge on any atom is -0.481 e. The van der Waals surface area contributed by atoms with Crippen LogP contribution < -0.4 is 15.4 Å². The van der Waals surface area contributed by atoms with Crippen LogP contribution >= 0.6 is 35.3 Å². The molecule has 0 saturated carbocycles. The average Bonchev–Trinajstić information content (AvgIpc) is 3.09. The van der Waals surface area contributed by atoms with Crippen LogP contribution in [0.4, 0.5) is 0 Å². The first-order chi connectivity index (χ1) is 13.5. The fraction of sp³-hybridized carbons (Fsp3) is 0.474. The first-order valence-electron chi connectivity index (χ1n) is 9.16. The molecule has 0 aliphatic heterocycles. The third-order valence-electron chi connectivity index (χ3n) is 3.77. The van der Waals surface area contributed by atoms with Gasteiger partial charge in [0.2, 0.25) is 5.88 Å². The van der Waals surface area contributed by atoms with Crippen LogP contribution in [-0.4, -0.2) is 42.2 Å². The lowest BCUT2D eigenvalue weighted by atomic mass is 10.3. The molecule has 1 unspecified atom stereocenters. The first-order valence-corrected chi connectivity index (χ1v) is 9.98. The van der Waals surface area contributed by atoms with Gasteiger partial charge in [-0.15, -0.1) is 35.3 Å². The average molecular weight is 533 g/mol. The maximum atomic E-state index is 12.0. The van der Waals surface area contributed by atoms with Crippen molar-refractivity contribution in [2.45, 2.75) is 40.3 Å². The largest absolute Gasteiger partial charge is 0.481 e. The zero-order valence-electron chi connectivity index (χ0n) is 17.3. The molecule has 0 aliphatic carbocycles. The SMILES string of the molecule is CCNC(=NCc1ccc(OC)nc1)NC(C)c1nc(C)c(C(=O)OCC)s1.I. The monoisotopic (exact) mass is 533 g/mol. The molecule has 0 amide bonds. The summed E-state index contributed by atoms with van der Waals surface area (Å²) in [6, 6.07) is 3.62. The Morgan fingerprint density at radius 3 is 2.69 bits per heavy atom. The minimum absolute atomic E-state index is 0. The van der Waals surface area contributed by atoms with E-state index in [1.807, 2.05) is 32.9 Å². The van der Waals surface area contributed by atoms with E-state index in [4.69, 9.17) is 9.47 Å². The highest BCUT2D eigenvalue weighted by Gasteiger charge is 2.20. The van der Waals surface area contributed by atoms with Crippen molar-refractivity contribution in [1.82, 2.24) is 20.6 Å². The van der Waals surface area contributed by atoms with Crippen molar-refractivity contribution in [2.24, 2.45) is 4.99 Å². The van der Waals surface area contributed by atoms with Crippen LogP contribution in [-0.2, 0) is 11.3 Å². The van der Waals surface area contributed by atoms with E-state index in [0.717, 1.165) is 17.1 Å². The quantitative estimate of drug-likeness (QED) is 0.232. The number of rotatable bonds is 8. The Hall–Kier alpha value is -1.95. The van der Waals surface area contributed by atoms with Gasteiger partial charge in [-0.1, -0.05) is 6.07 Å². The number of hydrogen-bond acceptors (Lipinski definition) is 7. The second-order valence-corrected chi connectivity index (χ2v) is 6.99. The topological polar surface area (TPSA) is 97.7 Å². The molecular formula is C19H28IN5O3S. The maximum absolute atomic E-state index is 12.0. The Balaban J connectivity index is 0.00000420. The molecule has 0 spiro atoms. The van der Waals surface area contributed by atoms with Crippen molar-refractivity contribution in [3.05, 3.63) is 39.5 Å². The molecular weight excluding hydrogens is 505 g/mol. The highest BCUT2D eigenvalue weighted by atomic mass is 127. The molecule has 10 heteroatoms. The lowest BCUT2D eigenvalue weighted by Crippen LogP contribution is -2.38. The van der Waals surface area contributed by atoms with Crippen LogP contribution in [0.5, 0.6) is 5.88 Å². The van der Waals surface area contributed by atoms with Crippen LogP contribution in [0.15, 0.2) is 23.3 Å². The summed E-state index contributed by atoms with van der Waals surface area (Å²) in [4.78, 5) is 25.8. The zero-order valence-corrected chi connectivity index (χ0v) is 20.5. The number of aromatic nitrogens is 2. The summed E-state index contributed by atoms with van der Waals surface area (Å²) >= 11 is 1.34. The molecule has 0 saturated heterocycles. The van der Waals surface area contributed by atoms with Gasteiger partial charge in [0, 0.05) is 18.8 Å². The van der Waals surface area contributed by atoms with Crippen molar-refractivity contribution in [2.75, 3.05) is 20.3 Å². The van der Waals surface area contributed by atoms with Gasteiger partial charge in [0.15, 0.2) is 5.96 Å². The van der Waals surface area contributed by atoms with Crippen molar-refractivity contribution in [3.8, 4) is 5.88 Å². The smallest absolute Gasteiger partial charge is 0.350 e. The standard InChI is InChI=1S/C19H27N5O3S.HI/c1-6-20-19(22-11-14-8-9-15(26-5)21-10-14)24-13(4)17-23-12(3)16(28-17)18(25)27-7-2;/h8-10,13H,6-7,11H2,1-5H3,(H2,20,22,24);1H. The van der Waals surface area contributed by atoms with E-state index in [-0.39, 0.29) is 36.0 Å². The van der Waals surface area contributed by atoms with E-state index in [1.54, 1.807) is 20.2 Å². The van der Waals surface area contributed by atoms with Crippen LogP contribution in [0, 0.1) is 6.92 Å². The molecule has 8 nitrogen and oxygen atoms in total. The Morgan fingerprint density at radius 2 is 2.10 bits per heavy atom. The zero-order chi connectivity index (χ0) is 20.5. The number of aliphatic imine (C=N–C) groups is 1. The number of ether oxygens (including phenoxy) is 2. The normalized spacial score (nSPS) is 12.0. The van der Waals surface area contributed by atoms with Crippen molar-refractivity contribution >= 4 is 47.2 Å². The summed E-state index contributed by atoms with van der Waals surface area (Å²) in [7, 11) is 1.59. The third kappa shape index (κ3) is 7.42. The van der Waals surface area contributed by atoms with E-state index < -0.39 is 0 Å². The molecule has 2 rings (SSSR count). The molecule has 2 aromatic heterocycles. The lowest BCUT2D eigenvalue weighted by molar-refractivity contribution is 0.0531. The highest BCUT2D eigenvalue weighted by molar-refractivity contribution is 14.0. The van der Waals surface area contributed by atoms with E-state index in [0.29, 0.717) is 35.6 Å². The number of esters is 1. The van der Waals surface area contributed by atoms with Crippen LogP contribution in [0.3, 0.4) is 0 Å². The molecule has 160 valence electrons. The molecule has 2 N–H and O–H groups in total. The van der Waals surface area contributed by atoms with Crippen LogP contribution in [0.25, 0.3) is 0 Å². The maximum Gasteiger partial charge on any atom is 0.350 e. The van der Waals surface area contributed by atoms with Gasteiger partial charge >= 0.3 is 5.97 Å². The van der Waals surface area contributed by atoms with Gasteiger partial charge in [0.25, 0.3) is 0 Å². The summed E-state index contributed by atoms with van der Waals surface area (Å²) in [5, 5.41) is 7.35. The summed E-state index contributed by atoms with van der Waals surface area (Å²) in [5.74, 6) is 0.905. The van der Waals surface area contributed by atoms with Crippen molar-refractivity contribution in [1.29, 1.82) is 0 Å². The number of aryl methyl sites for hydroxylation is 1. The molecule has 0 bridgehead atoms. The Labute approximate surface area is 192 Å². The summed E-state index contributed by atoms with van der Waals surface area (Å²) in [5.41, 5.74) is 1.65. The third-order valence-corrected chi connectivity index (χ3v) is 5.09. The molecule has 1 atom stereocenters. The number of nitrogens with zero attached hydrogens (tertiary/aromatic N) is 3. The van der Waals surface area contributed by atoms with Gasteiger partial charge in [0.05, 0.1) is 32.0 Å². The molecule has 29 heavy (non-hydrogen) atoms. The van der Waals surface area contributed by atoms with Gasteiger partial charge in [0.1, 0.15) is 9.88 Å². The number of hydrogen-bond donors (Lipinski definition) is 2. The van der Waals surface area contributed by atoms with E-state index in [2.05, 4.69) is 25.6 Å². The summed E-state index contributed by atoms with van der Waals surface area (Å²) in [6.07, 6.45) is 1.74. The number of nitrogens with one attached hydrogen (secondary N) is 2. The highest BCUT2D eigenvalue weighted by Crippen LogP contribution is 2.24.